The Morgan fingerprint density at radius 3 is 2.25 bits per heavy atom. The average molecular weight is 223 g/mol. The Bertz CT molecular complexity index is 401. The maximum atomic E-state index is 11.4. The van der Waals surface area contributed by atoms with Crippen LogP contribution in [0, 0.1) is 13.8 Å². The Morgan fingerprint density at radius 1 is 1.19 bits per heavy atom. The van der Waals surface area contributed by atoms with Gasteiger partial charge in [0.1, 0.15) is 5.75 Å². The number of anilines is 1. The zero-order valence-electron chi connectivity index (χ0n) is 10.3. The number of hydrogen-bond donors (Lipinski definition) is 0. The number of ether oxygens (including phenoxy) is 2. The number of methoxy groups -OCH3 is 2. The van der Waals surface area contributed by atoms with Crippen LogP contribution in [0.15, 0.2) is 12.1 Å². The first-order valence-corrected chi connectivity index (χ1v) is 4.98. The minimum atomic E-state index is -0.415. The second kappa shape index (κ2) is 4.88. The second-order valence-corrected chi connectivity index (χ2v) is 3.64. The first kappa shape index (κ1) is 12.4. The van der Waals surface area contributed by atoms with Crippen molar-refractivity contribution in [1.82, 2.24) is 0 Å². The Labute approximate surface area is 95.8 Å². The van der Waals surface area contributed by atoms with Gasteiger partial charge >= 0.3 is 6.09 Å². The number of rotatable bonds is 2. The van der Waals surface area contributed by atoms with Gasteiger partial charge in [0, 0.05) is 7.05 Å². The summed E-state index contributed by atoms with van der Waals surface area (Å²) in [6.45, 7) is 3.99. The molecule has 0 unspecified atom stereocenters. The van der Waals surface area contributed by atoms with E-state index in [2.05, 4.69) is 4.74 Å². The maximum Gasteiger partial charge on any atom is 0.413 e. The number of hydrogen-bond acceptors (Lipinski definition) is 3. The maximum absolute atomic E-state index is 11.4. The van der Waals surface area contributed by atoms with E-state index in [1.807, 2.05) is 26.0 Å². The van der Waals surface area contributed by atoms with Gasteiger partial charge in [-0.1, -0.05) is 0 Å². The van der Waals surface area contributed by atoms with Crippen molar-refractivity contribution in [1.29, 1.82) is 0 Å². The Morgan fingerprint density at radius 2 is 1.75 bits per heavy atom. The molecule has 0 aliphatic carbocycles. The number of benzene rings is 1. The van der Waals surface area contributed by atoms with Crippen molar-refractivity contribution in [3.63, 3.8) is 0 Å². The van der Waals surface area contributed by atoms with Crippen LogP contribution in [0.2, 0.25) is 0 Å². The van der Waals surface area contributed by atoms with Gasteiger partial charge in [-0.25, -0.2) is 4.79 Å². The summed E-state index contributed by atoms with van der Waals surface area (Å²) in [6.07, 6.45) is -0.415. The molecule has 0 aliphatic heterocycles. The van der Waals surface area contributed by atoms with Gasteiger partial charge in [0.2, 0.25) is 0 Å². The van der Waals surface area contributed by atoms with Gasteiger partial charge in [-0.3, -0.25) is 4.90 Å². The van der Waals surface area contributed by atoms with E-state index in [0.29, 0.717) is 11.4 Å². The Hall–Kier alpha value is -1.71. The molecule has 0 aromatic heterocycles. The number of nitrogens with zero attached hydrogens (tertiary/aromatic N) is 1. The minimum absolute atomic E-state index is 0.415. The predicted molar refractivity (Wildman–Crippen MR) is 63.3 cm³/mol. The van der Waals surface area contributed by atoms with Crippen molar-refractivity contribution >= 4 is 11.8 Å². The third-order valence-electron chi connectivity index (χ3n) is 2.61. The monoisotopic (exact) mass is 223 g/mol. The van der Waals surface area contributed by atoms with Crippen molar-refractivity contribution < 1.29 is 14.3 Å². The molecule has 0 saturated carbocycles. The summed E-state index contributed by atoms with van der Waals surface area (Å²) in [6, 6.07) is 3.81. The van der Waals surface area contributed by atoms with Gasteiger partial charge < -0.3 is 9.47 Å². The highest BCUT2D eigenvalue weighted by Crippen LogP contribution is 2.30. The van der Waals surface area contributed by atoms with Gasteiger partial charge in [0.15, 0.2) is 0 Å². The molecule has 0 N–H and O–H groups in total. The first-order valence-electron chi connectivity index (χ1n) is 4.98. The topological polar surface area (TPSA) is 38.8 Å². The number of carbonyl (C=O) groups excluding carboxylic acids is 1. The van der Waals surface area contributed by atoms with E-state index in [0.717, 1.165) is 11.1 Å². The minimum Gasteiger partial charge on any atom is -0.495 e. The van der Waals surface area contributed by atoms with E-state index in [-0.39, 0.29) is 0 Å². The van der Waals surface area contributed by atoms with Crippen molar-refractivity contribution in [2.45, 2.75) is 13.8 Å². The standard InChI is InChI=1S/C12H17NO3/c1-8-6-10(13(3)12(14)16-5)11(15-4)7-9(8)2/h6-7H,1-5H3. The third-order valence-corrected chi connectivity index (χ3v) is 2.61. The van der Waals surface area contributed by atoms with Gasteiger partial charge in [-0.2, -0.15) is 0 Å². The van der Waals surface area contributed by atoms with Crippen LogP contribution in [-0.2, 0) is 4.74 Å². The highest BCUT2D eigenvalue weighted by atomic mass is 16.5. The van der Waals surface area contributed by atoms with E-state index in [1.165, 1.54) is 12.0 Å². The summed E-state index contributed by atoms with van der Waals surface area (Å²) < 4.78 is 9.91. The summed E-state index contributed by atoms with van der Waals surface area (Å²) >= 11 is 0. The van der Waals surface area contributed by atoms with Crippen molar-refractivity contribution in [2.75, 3.05) is 26.2 Å². The molecule has 1 aromatic rings. The highest BCUT2D eigenvalue weighted by molar-refractivity contribution is 5.89. The van der Waals surface area contributed by atoms with Crippen LogP contribution in [0.4, 0.5) is 10.5 Å². The summed E-state index contributed by atoms with van der Waals surface area (Å²) in [4.78, 5) is 12.8. The quantitative estimate of drug-likeness (QED) is 0.773. The molecule has 0 bridgehead atoms. The lowest BCUT2D eigenvalue weighted by Gasteiger charge is -2.19. The average Bonchev–Trinajstić information content (AvgIpc) is 2.30. The predicted octanol–water partition coefficient (Wildman–Crippen LogP) is 2.51. The smallest absolute Gasteiger partial charge is 0.413 e. The fraction of sp³-hybridized carbons (Fsp3) is 0.417. The van der Waals surface area contributed by atoms with Gasteiger partial charge in [0.05, 0.1) is 19.9 Å². The number of carbonyl (C=O) groups is 1. The molecule has 0 saturated heterocycles. The lowest BCUT2D eigenvalue weighted by Crippen LogP contribution is -2.26. The second-order valence-electron chi connectivity index (χ2n) is 3.64. The molecule has 0 aliphatic rings. The fourth-order valence-corrected chi connectivity index (χ4v) is 1.44. The van der Waals surface area contributed by atoms with E-state index in [9.17, 15) is 4.79 Å². The molecule has 1 amide bonds. The highest BCUT2D eigenvalue weighted by Gasteiger charge is 2.16. The van der Waals surface area contributed by atoms with Crippen LogP contribution < -0.4 is 9.64 Å². The molecular weight excluding hydrogens is 206 g/mol. The molecule has 1 rings (SSSR count). The van der Waals surface area contributed by atoms with E-state index in [4.69, 9.17) is 4.74 Å². The molecule has 4 nitrogen and oxygen atoms in total. The molecule has 1 aromatic carbocycles. The molecule has 88 valence electrons. The van der Waals surface area contributed by atoms with Gasteiger partial charge in [-0.05, 0) is 37.1 Å². The fourth-order valence-electron chi connectivity index (χ4n) is 1.44. The van der Waals surface area contributed by atoms with Crippen LogP contribution >= 0.6 is 0 Å². The molecule has 0 fully saturated rings. The van der Waals surface area contributed by atoms with Crippen LogP contribution in [0.1, 0.15) is 11.1 Å². The zero-order chi connectivity index (χ0) is 12.3. The summed E-state index contributed by atoms with van der Waals surface area (Å²) in [7, 11) is 4.59. The summed E-state index contributed by atoms with van der Waals surface area (Å²) in [5, 5.41) is 0. The lowest BCUT2D eigenvalue weighted by atomic mass is 10.1. The third kappa shape index (κ3) is 2.27. The van der Waals surface area contributed by atoms with Crippen molar-refractivity contribution in [3.05, 3.63) is 23.3 Å². The van der Waals surface area contributed by atoms with Crippen LogP contribution in [0.3, 0.4) is 0 Å². The Balaban J connectivity index is 3.21. The van der Waals surface area contributed by atoms with Crippen LogP contribution in [0.5, 0.6) is 5.75 Å². The molecule has 0 heterocycles. The largest absolute Gasteiger partial charge is 0.495 e. The molecule has 0 spiro atoms. The van der Waals surface area contributed by atoms with E-state index in [1.54, 1.807) is 14.2 Å². The summed E-state index contributed by atoms with van der Waals surface area (Å²) in [5.74, 6) is 0.663. The van der Waals surface area contributed by atoms with Gasteiger partial charge in [0.25, 0.3) is 0 Å². The van der Waals surface area contributed by atoms with E-state index >= 15 is 0 Å². The number of amides is 1. The molecular formula is C12H17NO3. The van der Waals surface area contributed by atoms with Crippen molar-refractivity contribution in [2.24, 2.45) is 0 Å². The number of aryl methyl sites for hydroxylation is 2. The van der Waals surface area contributed by atoms with Crippen LogP contribution in [0.25, 0.3) is 0 Å². The molecule has 4 heteroatoms. The normalized spacial score (nSPS) is 9.81. The van der Waals surface area contributed by atoms with Crippen LogP contribution in [-0.4, -0.2) is 27.4 Å². The SMILES string of the molecule is COC(=O)N(C)c1cc(C)c(C)cc1OC. The van der Waals surface area contributed by atoms with Crippen molar-refractivity contribution in [3.8, 4) is 5.75 Å². The van der Waals surface area contributed by atoms with Gasteiger partial charge in [-0.15, -0.1) is 0 Å². The molecule has 16 heavy (non-hydrogen) atoms. The summed E-state index contributed by atoms with van der Waals surface area (Å²) in [5.41, 5.74) is 2.93. The lowest BCUT2D eigenvalue weighted by molar-refractivity contribution is 0.180. The molecule has 0 atom stereocenters. The zero-order valence-corrected chi connectivity index (χ0v) is 10.3. The van der Waals surface area contributed by atoms with E-state index < -0.39 is 6.09 Å². The Kier molecular flexibility index (Phi) is 3.77. The molecule has 0 radical (unpaired) electrons. The first-order chi connectivity index (χ1) is 7.51.